The maximum absolute atomic E-state index is 12.5. The van der Waals surface area contributed by atoms with Crippen molar-refractivity contribution in [1.29, 1.82) is 0 Å². The van der Waals surface area contributed by atoms with E-state index in [-0.39, 0.29) is 24.5 Å². The van der Waals surface area contributed by atoms with Gasteiger partial charge in [-0.3, -0.25) is 19.2 Å². The van der Waals surface area contributed by atoms with Crippen molar-refractivity contribution >= 4 is 11.9 Å². The second kappa shape index (κ2) is 8.64. The molecule has 0 bridgehead atoms. The van der Waals surface area contributed by atoms with Crippen LogP contribution in [0.2, 0.25) is 0 Å². The van der Waals surface area contributed by atoms with Crippen molar-refractivity contribution in [1.82, 2.24) is 20.0 Å². The Hall–Kier alpha value is -1.89. The summed E-state index contributed by atoms with van der Waals surface area (Å²) in [7, 11) is 0. The highest BCUT2D eigenvalue weighted by Gasteiger charge is 2.37. The Labute approximate surface area is 167 Å². The van der Waals surface area contributed by atoms with Crippen LogP contribution < -0.4 is 5.32 Å². The van der Waals surface area contributed by atoms with Crippen LogP contribution in [-0.2, 0) is 22.6 Å². The van der Waals surface area contributed by atoms with Crippen LogP contribution in [-0.4, -0.2) is 56.8 Å². The van der Waals surface area contributed by atoms with Gasteiger partial charge in [-0.25, -0.2) is 0 Å². The van der Waals surface area contributed by atoms with E-state index in [0.717, 1.165) is 42.9 Å². The minimum absolute atomic E-state index is 0.0331. The number of carbonyl (C=O) groups excluding carboxylic acids is 1. The van der Waals surface area contributed by atoms with Crippen LogP contribution in [0.15, 0.2) is 0 Å². The number of nitrogens with one attached hydrogen (secondary N) is 1. The van der Waals surface area contributed by atoms with Crippen LogP contribution >= 0.6 is 0 Å². The second-order valence-corrected chi connectivity index (χ2v) is 9.06. The molecule has 2 fully saturated rings. The van der Waals surface area contributed by atoms with Crippen LogP contribution in [0.1, 0.15) is 56.5 Å². The molecule has 1 heterocycles. The van der Waals surface area contributed by atoms with Crippen LogP contribution in [0.4, 0.5) is 0 Å². The van der Waals surface area contributed by atoms with Gasteiger partial charge in [0.05, 0.1) is 18.7 Å². The number of carboxylic acids is 1. The fraction of sp³-hybridized carbons (Fsp3) is 0.762. The first-order valence-corrected chi connectivity index (χ1v) is 10.5. The summed E-state index contributed by atoms with van der Waals surface area (Å²) in [5.41, 5.74) is 3.03. The Morgan fingerprint density at radius 3 is 2.54 bits per heavy atom. The molecule has 0 aromatic carbocycles. The van der Waals surface area contributed by atoms with Gasteiger partial charge in [-0.15, -0.1) is 0 Å². The number of aryl methyl sites for hydroxylation is 1. The van der Waals surface area contributed by atoms with Crippen molar-refractivity contribution in [2.45, 2.75) is 78.4 Å². The van der Waals surface area contributed by atoms with Crippen molar-refractivity contribution in [2.75, 3.05) is 13.1 Å². The quantitative estimate of drug-likeness (QED) is 0.639. The number of aliphatic carboxylic acids is 1. The topological polar surface area (TPSA) is 87.5 Å². The SMILES string of the molecule is Cc1nn(CC(C)C)c(C)c1CC(=O)NC1CC(N(CC(=O)O)CC2CC2)C1. The van der Waals surface area contributed by atoms with Crippen molar-refractivity contribution < 1.29 is 14.7 Å². The molecule has 1 amide bonds. The average molecular weight is 391 g/mol. The van der Waals surface area contributed by atoms with E-state index in [4.69, 9.17) is 5.11 Å². The van der Waals surface area contributed by atoms with Gasteiger partial charge in [-0.1, -0.05) is 13.8 Å². The summed E-state index contributed by atoms with van der Waals surface area (Å²) >= 11 is 0. The van der Waals surface area contributed by atoms with Crippen molar-refractivity contribution in [3.8, 4) is 0 Å². The highest BCUT2D eigenvalue weighted by atomic mass is 16.4. The molecule has 0 saturated heterocycles. The Morgan fingerprint density at radius 2 is 1.96 bits per heavy atom. The maximum atomic E-state index is 12.5. The van der Waals surface area contributed by atoms with Gasteiger partial charge in [-0.2, -0.15) is 5.10 Å². The Bertz CT molecular complexity index is 717. The summed E-state index contributed by atoms with van der Waals surface area (Å²) in [5.74, 6) is 0.445. The minimum Gasteiger partial charge on any atom is -0.480 e. The zero-order valence-corrected chi connectivity index (χ0v) is 17.6. The molecule has 3 rings (SSSR count). The standard InChI is InChI=1S/C21H34N4O3/c1-13(2)10-25-15(4)19(14(3)23-25)9-20(26)22-17-7-18(8-17)24(12-21(27)28)11-16-5-6-16/h13,16-18H,5-12H2,1-4H3,(H,22,26)(H,27,28). The molecule has 0 unspecified atom stereocenters. The van der Waals surface area contributed by atoms with Gasteiger partial charge in [0.25, 0.3) is 0 Å². The molecule has 2 saturated carbocycles. The Kier molecular flexibility index (Phi) is 6.43. The van der Waals surface area contributed by atoms with Crippen LogP contribution in [0.5, 0.6) is 0 Å². The molecule has 0 aliphatic heterocycles. The van der Waals surface area contributed by atoms with Crippen molar-refractivity contribution in [3.05, 3.63) is 17.0 Å². The van der Waals surface area contributed by atoms with Crippen LogP contribution in [0, 0.1) is 25.7 Å². The van der Waals surface area contributed by atoms with Gasteiger partial charge in [0.1, 0.15) is 0 Å². The summed E-state index contributed by atoms with van der Waals surface area (Å²) in [4.78, 5) is 25.8. The molecular weight excluding hydrogens is 356 g/mol. The van der Waals surface area contributed by atoms with Crippen LogP contribution in [0.25, 0.3) is 0 Å². The predicted molar refractivity (Wildman–Crippen MR) is 107 cm³/mol. The third kappa shape index (κ3) is 5.34. The molecule has 156 valence electrons. The molecule has 0 atom stereocenters. The lowest BCUT2D eigenvalue weighted by Crippen LogP contribution is -2.55. The fourth-order valence-electron chi connectivity index (χ4n) is 4.11. The van der Waals surface area contributed by atoms with E-state index in [1.165, 1.54) is 12.8 Å². The molecule has 0 spiro atoms. The number of nitrogens with zero attached hydrogens (tertiary/aromatic N) is 3. The number of hydrogen-bond acceptors (Lipinski definition) is 4. The largest absolute Gasteiger partial charge is 0.480 e. The third-order valence-electron chi connectivity index (χ3n) is 5.93. The molecule has 2 N–H and O–H groups in total. The zero-order valence-electron chi connectivity index (χ0n) is 17.6. The fourth-order valence-corrected chi connectivity index (χ4v) is 4.11. The Balaban J connectivity index is 1.48. The van der Waals surface area contributed by atoms with Crippen LogP contribution in [0.3, 0.4) is 0 Å². The van der Waals surface area contributed by atoms with E-state index < -0.39 is 5.97 Å². The van der Waals surface area contributed by atoms with E-state index in [9.17, 15) is 9.59 Å². The van der Waals surface area contributed by atoms with Gasteiger partial charge in [0.2, 0.25) is 5.91 Å². The predicted octanol–water partition coefficient (Wildman–Crippen LogP) is 2.14. The number of carbonyl (C=O) groups is 2. The van der Waals surface area contributed by atoms with Gasteiger partial charge >= 0.3 is 5.97 Å². The van der Waals surface area contributed by atoms with Gasteiger partial charge in [0.15, 0.2) is 0 Å². The first kappa shape index (κ1) is 20.8. The highest BCUT2D eigenvalue weighted by Crippen LogP contribution is 2.33. The first-order chi connectivity index (χ1) is 13.2. The summed E-state index contributed by atoms with van der Waals surface area (Å²) in [6, 6.07) is 0.429. The zero-order chi connectivity index (χ0) is 20.4. The third-order valence-corrected chi connectivity index (χ3v) is 5.93. The van der Waals surface area contributed by atoms with E-state index in [1.807, 2.05) is 18.5 Å². The van der Waals surface area contributed by atoms with E-state index in [0.29, 0.717) is 18.3 Å². The van der Waals surface area contributed by atoms with E-state index in [1.54, 1.807) is 0 Å². The number of amides is 1. The molecule has 1 aromatic rings. The monoisotopic (exact) mass is 390 g/mol. The van der Waals surface area contributed by atoms with E-state index >= 15 is 0 Å². The van der Waals surface area contributed by atoms with Gasteiger partial charge < -0.3 is 10.4 Å². The summed E-state index contributed by atoms with van der Waals surface area (Å²) in [5, 5.41) is 16.9. The highest BCUT2D eigenvalue weighted by molar-refractivity contribution is 5.79. The number of aromatic nitrogens is 2. The molecule has 2 aliphatic rings. The Morgan fingerprint density at radius 1 is 1.29 bits per heavy atom. The molecular formula is C21H34N4O3. The lowest BCUT2D eigenvalue weighted by Gasteiger charge is -2.42. The molecule has 1 aromatic heterocycles. The first-order valence-electron chi connectivity index (χ1n) is 10.5. The molecule has 0 radical (unpaired) electrons. The molecule has 2 aliphatic carbocycles. The van der Waals surface area contributed by atoms with Crippen molar-refractivity contribution in [2.24, 2.45) is 11.8 Å². The minimum atomic E-state index is -0.766. The number of rotatable bonds is 10. The molecule has 7 heteroatoms. The maximum Gasteiger partial charge on any atom is 0.317 e. The second-order valence-electron chi connectivity index (χ2n) is 9.06. The molecule has 28 heavy (non-hydrogen) atoms. The molecule has 7 nitrogen and oxygen atoms in total. The normalized spacial score (nSPS) is 21.8. The average Bonchev–Trinajstić information content (AvgIpc) is 3.32. The van der Waals surface area contributed by atoms with Gasteiger partial charge in [0, 0.05) is 36.4 Å². The number of hydrogen-bond donors (Lipinski definition) is 2. The lowest BCUT2D eigenvalue weighted by molar-refractivity contribution is -0.140. The number of carboxylic acid groups (broad SMARTS) is 1. The van der Waals surface area contributed by atoms with Crippen molar-refractivity contribution in [3.63, 3.8) is 0 Å². The summed E-state index contributed by atoms with van der Waals surface area (Å²) in [6.45, 7) is 10.2. The summed E-state index contributed by atoms with van der Waals surface area (Å²) < 4.78 is 2.00. The van der Waals surface area contributed by atoms with Gasteiger partial charge in [-0.05, 0) is 51.4 Å². The summed E-state index contributed by atoms with van der Waals surface area (Å²) in [6.07, 6.45) is 4.48. The lowest BCUT2D eigenvalue weighted by atomic mass is 9.85. The smallest absolute Gasteiger partial charge is 0.317 e. The van der Waals surface area contributed by atoms with E-state index in [2.05, 4.69) is 29.2 Å².